The van der Waals surface area contributed by atoms with Gasteiger partial charge in [0.2, 0.25) is 11.7 Å². The number of aromatic nitrogens is 3. The van der Waals surface area contributed by atoms with Crippen molar-refractivity contribution in [3.63, 3.8) is 0 Å². The summed E-state index contributed by atoms with van der Waals surface area (Å²) < 4.78 is 5.26. The number of hydrogen-bond donors (Lipinski definition) is 1. The lowest BCUT2D eigenvalue weighted by Gasteiger charge is -2.06. The van der Waals surface area contributed by atoms with Crippen LogP contribution in [0.25, 0.3) is 11.4 Å². The van der Waals surface area contributed by atoms with E-state index in [9.17, 15) is 0 Å². The van der Waals surface area contributed by atoms with Crippen LogP contribution in [-0.2, 0) is 0 Å². The van der Waals surface area contributed by atoms with Gasteiger partial charge in [-0.05, 0) is 18.6 Å². The normalized spacial score (nSPS) is 12.6. The fraction of sp³-hybridized carbons (Fsp3) is 0.417. The van der Waals surface area contributed by atoms with Crippen LogP contribution in [0, 0.1) is 0 Å². The molecule has 0 saturated carbocycles. The van der Waals surface area contributed by atoms with Crippen LogP contribution in [0.15, 0.2) is 29.0 Å². The van der Waals surface area contributed by atoms with Crippen molar-refractivity contribution >= 4 is 0 Å². The highest BCUT2D eigenvalue weighted by atomic mass is 16.5. The highest BCUT2D eigenvalue weighted by molar-refractivity contribution is 5.52. The summed E-state index contributed by atoms with van der Waals surface area (Å²) in [6, 6.07) is 3.71. The lowest BCUT2D eigenvalue weighted by Crippen LogP contribution is -2.12. The van der Waals surface area contributed by atoms with Crippen molar-refractivity contribution in [3.8, 4) is 11.4 Å². The molecule has 0 aliphatic carbocycles. The average molecular weight is 232 g/mol. The second-order valence-electron chi connectivity index (χ2n) is 3.91. The van der Waals surface area contributed by atoms with E-state index >= 15 is 0 Å². The third-order valence-electron chi connectivity index (χ3n) is 2.65. The summed E-state index contributed by atoms with van der Waals surface area (Å²) in [5.74, 6) is 1.38. The van der Waals surface area contributed by atoms with Crippen molar-refractivity contribution in [1.29, 1.82) is 0 Å². The first-order valence-electron chi connectivity index (χ1n) is 5.79. The van der Waals surface area contributed by atoms with Crippen molar-refractivity contribution in [2.45, 2.75) is 25.7 Å². The Labute approximate surface area is 100 Å². The zero-order valence-electron chi connectivity index (χ0n) is 9.84. The second-order valence-corrected chi connectivity index (χ2v) is 3.91. The molecule has 0 radical (unpaired) electrons. The lowest BCUT2D eigenvalue weighted by atomic mass is 10.0. The molecule has 0 amide bonds. The van der Waals surface area contributed by atoms with Crippen LogP contribution in [-0.4, -0.2) is 21.7 Å². The van der Waals surface area contributed by atoms with Gasteiger partial charge in [-0.15, -0.1) is 0 Å². The van der Waals surface area contributed by atoms with Gasteiger partial charge in [0.15, 0.2) is 0 Å². The maximum atomic E-state index is 5.70. The number of nitrogens with zero attached hydrogens (tertiary/aromatic N) is 3. The predicted octanol–water partition coefficient (Wildman–Crippen LogP) is 1.97. The number of rotatable bonds is 5. The molecule has 2 aromatic rings. The summed E-state index contributed by atoms with van der Waals surface area (Å²) in [5.41, 5.74) is 6.61. The van der Waals surface area contributed by atoms with Crippen LogP contribution in [0.4, 0.5) is 0 Å². The third-order valence-corrected chi connectivity index (χ3v) is 2.65. The summed E-state index contributed by atoms with van der Waals surface area (Å²) in [5, 5.41) is 3.97. The number of hydrogen-bond acceptors (Lipinski definition) is 5. The molecule has 2 rings (SSSR count). The maximum Gasteiger partial charge on any atom is 0.231 e. The molecule has 0 aliphatic rings. The van der Waals surface area contributed by atoms with Crippen LogP contribution in [0.3, 0.4) is 0 Å². The van der Waals surface area contributed by atoms with E-state index in [1.54, 1.807) is 12.4 Å². The summed E-state index contributed by atoms with van der Waals surface area (Å²) in [6.07, 6.45) is 5.43. The Morgan fingerprint density at radius 1 is 1.35 bits per heavy atom. The fourth-order valence-corrected chi connectivity index (χ4v) is 1.71. The van der Waals surface area contributed by atoms with Crippen LogP contribution in [0.2, 0.25) is 0 Å². The van der Waals surface area contributed by atoms with Crippen LogP contribution >= 0.6 is 0 Å². The van der Waals surface area contributed by atoms with E-state index in [0.717, 1.165) is 18.4 Å². The molecule has 0 aromatic carbocycles. The van der Waals surface area contributed by atoms with E-state index in [1.165, 1.54) is 0 Å². The summed E-state index contributed by atoms with van der Waals surface area (Å²) in [7, 11) is 0. The number of nitrogens with two attached hydrogens (primary N) is 1. The molecule has 1 unspecified atom stereocenters. The predicted molar refractivity (Wildman–Crippen MR) is 64.2 cm³/mol. The highest BCUT2D eigenvalue weighted by Gasteiger charge is 2.17. The molecule has 2 heterocycles. The molecule has 0 spiro atoms. The molecule has 0 aliphatic heterocycles. The SMILES string of the molecule is CCCC(CN)c1nc(-c2ccncc2)no1. The van der Waals surface area contributed by atoms with Crippen LogP contribution < -0.4 is 5.73 Å². The zero-order chi connectivity index (χ0) is 12.1. The second kappa shape index (κ2) is 5.54. The van der Waals surface area contributed by atoms with E-state index in [4.69, 9.17) is 10.3 Å². The minimum absolute atomic E-state index is 0.156. The molecule has 1 atom stereocenters. The van der Waals surface area contributed by atoms with E-state index in [2.05, 4.69) is 22.0 Å². The van der Waals surface area contributed by atoms with Gasteiger partial charge < -0.3 is 10.3 Å². The Bertz CT molecular complexity index is 455. The van der Waals surface area contributed by atoms with Gasteiger partial charge in [0, 0.05) is 24.5 Å². The largest absolute Gasteiger partial charge is 0.339 e. The lowest BCUT2D eigenvalue weighted by molar-refractivity contribution is 0.347. The topological polar surface area (TPSA) is 77.8 Å². The molecule has 90 valence electrons. The standard InChI is InChI=1S/C12H16N4O/c1-2-3-10(8-13)12-15-11(16-17-12)9-4-6-14-7-5-9/h4-7,10H,2-3,8,13H2,1H3. The van der Waals surface area contributed by atoms with Gasteiger partial charge in [-0.25, -0.2) is 0 Å². The Morgan fingerprint density at radius 3 is 2.76 bits per heavy atom. The molecule has 0 bridgehead atoms. The first-order valence-corrected chi connectivity index (χ1v) is 5.79. The number of pyridine rings is 1. The molecule has 17 heavy (non-hydrogen) atoms. The highest BCUT2D eigenvalue weighted by Crippen LogP contribution is 2.21. The van der Waals surface area contributed by atoms with Crippen molar-refractivity contribution < 1.29 is 4.52 Å². The molecule has 2 N–H and O–H groups in total. The minimum Gasteiger partial charge on any atom is -0.339 e. The van der Waals surface area contributed by atoms with Crippen molar-refractivity contribution in [1.82, 2.24) is 15.1 Å². The van der Waals surface area contributed by atoms with Gasteiger partial charge in [-0.3, -0.25) is 4.98 Å². The van der Waals surface area contributed by atoms with E-state index in [0.29, 0.717) is 18.3 Å². The van der Waals surface area contributed by atoms with Gasteiger partial charge in [-0.2, -0.15) is 4.98 Å². The molecule has 2 aromatic heterocycles. The molecule has 0 fully saturated rings. The molecule has 5 heteroatoms. The molecular weight excluding hydrogens is 216 g/mol. The van der Waals surface area contributed by atoms with Crippen molar-refractivity contribution in [2.24, 2.45) is 5.73 Å². The Balaban J connectivity index is 2.21. The van der Waals surface area contributed by atoms with Gasteiger partial charge in [-0.1, -0.05) is 18.5 Å². The molecule has 5 nitrogen and oxygen atoms in total. The Morgan fingerprint density at radius 2 is 2.12 bits per heavy atom. The van der Waals surface area contributed by atoms with Crippen LogP contribution in [0.1, 0.15) is 31.6 Å². The quantitative estimate of drug-likeness (QED) is 0.852. The first kappa shape index (κ1) is 11.7. The molecule has 0 saturated heterocycles. The summed E-state index contributed by atoms with van der Waals surface area (Å²) in [6.45, 7) is 2.65. The van der Waals surface area contributed by atoms with E-state index in [1.807, 2.05) is 12.1 Å². The van der Waals surface area contributed by atoms with Crippen LogP contribution in [0.5, 0.6) is 0 Å². The zero-order valence-corrected chi connectivity index (χ0v) is 9.84. The van der Waals surface area contributed by atoms with Gasteiger partial charge in [0.1, 0.15) is 0 Å². The summed E-state index contributed by atoms with van der Waals surface area (Å²) >= 11 is 0. The maximum absolute atomic E-state index is 5.70. The van der Waals surface area contributed by atoms with Crippen molar-refractivity contribution in [2.75, 3.05) is 6.54 Å². The van der Waals surface area contributed by atoms with Gasteiger partial charge in [0.05, 0.1) is 5.92 Å². The first-order chi connectivity index (χ1) is 8.35. The van der Waals surface area contributed by atoms with E-state index in [-0.39, 0.29) is 5.92 Å². The summed E-state index contributed by atoms with van der Waals surface area (Å²) in [4.78, 5) is 8.34. The smallest absolute Gasteiger partial charge is 0.231 e. The Hall–Kier alpha value is -1.75. The third kappa shape index (κ3) is 2.68. The minimum atomic E-state index is 0.156. The monoisotopic (exact) mass is 232 g/mol. The van der Waals surface area contributed by atoms with Crippen molar-refractivity contribution in [3.05, 3.63) is 30.4 Å². The van der Waals surface area contributed by atoms with Gasteiger partial charge >= 0.3 is 0 Å². The fourth-order valence-electron chi connectivity index (χ4n) is 1.71. The van der Waals surface area contributed by atoms with E-state index < -0.39 is 0 Å². The molecular formula is C12H16N4O. The van der Waals surface area contributed by atoms with Gasteiger partial charge in [0.25, 0.3) is 0 Å². The average Bonchev–Trinajstić information content (AvgIpc) is 2.86. The Kier molecular flexibility index (Phi) is 3.82.